The molecular formula is C19H16F4O5. The van der Waals surface area contributed by atoms with E-state index in [9.17, 15) is 22.4 Å². The minimum Gasteiger partial charge on any atom is -0.489 e. The lowest BCUT2D eigenvalue weighted by atomic mass is 9.76. The van der Waals surface area contributed by atoms with Gasteiger partial charge < -0.3 is 19.3 Å². The van der Waals surface area contributed by atoms with Gasteiger partial charge in [-0.05, 0) is 35.9 Å². The second kappa shape index (κ2) is 7.67. The van der Waals surface area contributed by atoms with Gasteiger partial charge in [0, 0.05) is 5.56 Å². The molecule has 28 heavy (non-hydrogen) atoms. The van der Waals surface area contributed by atoms with Crippen LogP contribution in [0.1, 0.15) is 17.5 Å². The number of rotatable bonds is 7. The van der Waals surface area contributed by atoms with Crippen molar-refractivity contribution in [3.05, 3.63) is 59.4 Å². The fourth-order valence-corrected chi connectivity index (χ4v) is 2.93. The Morgan fingerprint density at radius 1 is 1.11 bits per heavy atom. The topological polar surface area (TPSA) is 65.0 Å². The molecule has 0 saturated carbocycles. The molecule has 150 valence electrons. The Bertz CT molecular complexity index is 844. The molecule has 0 bridgehead atoms. The molecule has 0 atom stereocenters. The van der Waals surface area contributed by atoms with Gasteiger partial charge in [0.2, 0.25) is 0 Å². The Morgan fingerprint density at radius 3 is 2.29 bits per heavy atom. The molecule has 3 rings (SSSR count). The van der Waals surface area contributed by atoms with Crippen molar-refractivity contribution in [2.24, 2.45) is 0 Å². The highest BCUT2D eigenvalue weighted by molar-refractivity contribution is 5.69. The van der Waals surface area contributed by atoms with E-state index < -0.39 is 29.3 Å². The molecule has 2 aromatic rings. The minimum atomic E-state index is -4.87. The van der Waals surface area contributed by atoms with Gasteiger partial charge in [-0.3, -0.25) is 4.79 Å². The standard InChI is InChI=1S/C19H16F4O5/c20-16-6-5-15(28-19(21,22)23)7-12(16)9-27-14-3-1-13(2-4-14)18(8-17(24)25)10-26-11-18/h1-7H,8-11H2,(H,24,25). The van der Waals surface area contributed by atoms with E-state index in [1.165, 1.54) is 0 Å². The Labute approximate surface area is 157 Å². The van der Waals surface area contributed by atoms with Gasteiger partial charge in [0.25, 0.3) is 0 Å². The van der Waals surface area contributed by atoms with Crippen molar-refractivity contribution in [3.8, 4) is 11.5 Å². The first-order chi connectivity index (χ1) is 13.2. The number of hydrogen-bond acceptors (Lipinski definition) is 4. The highest BCUT2D eigenvalue weighted by Gasteiger charge is 2.42. The molecule has 0 aromatic heterocycles. The predicted octanol–water partition coefficient (Wildman–Crippen LogP) is 4.05. The van der Waals surface area contributed by atoms with E-state index in [1.807, 2.05) is 0 Å². The molecule has 0 aliphatic carbocycles. The van der Waals surface area contributed by atoms with Crippen molar-refractivity contribution >= 4 is 5.97 Å². The minimum absolute atomic E-state index is 0.0651. The summed E-state index contributed by atoms with van der Waals surface area (Å²) < 4.78 is 65.0. The van der Waals surface area contributed by atoms with Crippen molar-refractivity contribution in [3.63, 3.8) is 0 Å². The normalized spacial score (nSPS) is 15.6. The van der Waals surface area contributed by atoms with Crippen molar-refractivity contribution in [1.29, 1.82) is 0 Å². The number of ether oxygens (including phenoxy) is 3. The molecule has 1 N–H and O–H groups in total. The van der Waals surface area contributed by atoms with E-state index in [4.69, 9.17) is 14.6 Å². The predicted molar refractivity (Wildman–Crippen MR) is 88.6 cm³/mol. The van der Waals surface area contributed by atoms with Gasteiger partial charge in [0.05, 0.1) is 25.0 Å². The van der Waals surface area contributed by atoms with Crippen LogP contribution in [0.15, 0.2) is 42.5 Å². The van der Waals surface area contributed by atoms with Crippen LogP contribution in [0.5, 0.6) is 11.5 Å². The van der Waals surface area contributed by atoms with Crippen LogP contribution in [0, 0.1) is 5.82 Å². The number of carboxylic acid groups (broad SMARTS) is 1. The average Bonchev–Trinajstić information content (AvgIpc) is 2.58. The van der Waals surface area contributed by atoms with E-state index in [0.717, 1.165) is 23.8 Å². The van der Waals surface area contributed by atoms with Gasteiger partial charge in [-0.2, -0.15) is 0 Å². The molecule has 0 radical (unpaired) electrons. The lowest BCUT2D eigenvalue weighted by molar-refractivity contribution is -0.274. The second-order valence-electron chi connectivity index (χ2n) is 6.46. The number of benzene rings is 2. The molecule has 5 nitrogen and oxygen atoms in total. The number of alkyl halides is 3. The van der Waals surface area contributed by atoms with Crippen molar-refractivity contribution in [1.82, 2.24) is 0 Å². The van der Waals surface area contributed by atoms with Crippen molar-refractivity contribution in [2.45, 2.75) is 24.8 Å². The first-order valence-corrected chi connectivity index (χ1v) is 8.24. The van der Waals surface area contributed by atoms with Crippen LogP contribution < -0.4 is 9.47 Å². The van der Waals surface area contributed by atoms with Gasteiger partial charge in [0.1, 0.15) is 23.9 Å². The lowest BCUT2D eigenvalue weighted by Gasteiger charge is -2.40. The number of carboxylic acids is 1. The summed E-state index contributed by atoms with van der Waals surface area (Å²) in [6.45, 7) is 0.303. The van der Waals surface area contributed by atoms with Gasteiger partial charge in [-0.15, -0.1) is 13.2 Å². The largest absolute Gasteiger partial charge is 0.573 e. The fraction of sp³-hybridized carbons (Fsp3) is 0.316. The fourth-order valence-electron chi connectivity index (χ4n) is 2.93. The Kier molecular flexibility index (Phi) is 5.46. The Hall–Kier alpha value is -2.81. The summed E-state index contributed by atoms with van der Waals surface area (Å²) in [4.78, 5) is 11.1. The third-order valence-electron chi connectivity index (χ3n) is 4.36. The van der Waals surface area contributed by atoms with Crippen LogP contribution >= 0.6 is 0 Å². The maximum Gasteiger partial charge on any atom is 0.573 e. The zero-order valence-electron chi connectivity index (χ0n) is 14.5. The third kappa shape index (κ3) is 4.72. The molecule has 1 heterocycles. The van der Waals surface area contributed by atoms with E-state index in [1.54, 1.807) is 24.3 Å². The number of aliphatic carboxylic acids is 1. The molecule has 1 aliphatic rings. The summed E-state index contributed by atoms with van der Waals surface area (Å²) in [6.07, 6.45) is -4.94. The molecule has 1 saturated heterocycles. The summed E-state index contributed by atoms with van der Waals surface area (Å²) in [7, 11) is 0. The molecule has 0 spiro atoms. The highest BCUT2D eigenvalue weighted by atomic mass is 19.4. The smallest absolute Gasteiger partial charge is 0.489 e. The van der Waals surface area contributed by atoms with Gasteiger partial charge >= 0.3 is 12.3 Å². The maximum atomic E-state index is 13.8. The van der Waals surface area contributed by atoms with Crippen molar-refractivity contribution < 1.29 is 41.7 Å². The highest BCUT2D eigenvalue weighted by Crippen LogP contribution is 2.36. The van der Waals surface area contributed by atoms with Gasteiger partial charge in [0.15, 0.2) is 0 Å². The second-order valence-corrected chi connectivity index (χ2v) is 6.46. The summed E-state index contributed by atoms with van der Waals surface area (Å²) in [5.74, 6) is -1.84. The van der Waals surface area contributed by atoms with Crippen molar-refractivity contribution in [2.75, 3.05) is 13.2 Å². The first-order valence-electron chi connectivity index (χ1n) is 8.24. The van der Waals surface area contributed by atoms with E-state index in [-0.39, 0.29) is 18.6 Å². The maximum absolute atomic E-state index is 13.8. The van der Waals surface area contributed by atoms with Crippen LogP contribution in [0.2, 0.25) is 0 Å². The third-order valence-corrected chi connectivity index (χ3v) is 4.36. The molecule has 0 amide bonds. The van der Waals surface area contributed by atoms with Crippen LogP contribution in [0.25, 0.3) is 0 Å². The molecular weight excluding hydrogens is 384 g/mol. The zero-order valence-corrected chi connectivity index (χ0v) is 14.5. The van der Waals surface area contributed by atoms with Crippen LogP contribution in [0.4, 0.5) is 17.6 Å². The van der Waals surface area contributed by atoms with Crippen LogP contribution in [-0.4, -0.2) is 30.7 Å². The zero-order chi connectivity index (χ0) is 20.4. The summed E-state index contributed by atoms with van der Waals surface area (Å²) in [5.41, 5.74) is 0.0977. The molecule has 0 unspecified atom stereocenters. The summed E-state index contributed by atoms with van der Waals surface area (Å²) in [5, 5.41) is 9.06. The number of hydrogen-bond donors (Lipinski definition) is 1. The summed E-state index contributed by atoms with van der Waals surface area (Å²) >= 11 is 0. The van der Waals surface area contributed by atoms with E-state index in [0.29, 0.717) is 19.0 Å². The van der Waals surface area contributed by atoms with Gasteiger partial charge in [-0.1, -0.05) is 12.1 Å². The monoisotopic (exact) mass is 400 g/mol. The van der Waals surface area contributed by atoms with E-state index in [2.05, 4.69) is 4.74 Å². The first kappa shape index (κ1) is 19.9. The number of carbonyl (C=O) groups is 1. The Morgan fingerprint density at radius 2 is 1.75 bits per heavy atom. The van der Waals surface area contributed by atoms with Gasteiger partial charge in [-0.25, -0.2) is 4.39 Å². The quantitative estimate of drug-likeness (QED) is 0.711. The Balaban J connectivity index is 1.67. The lowest BCUT2D eigenvalue weighted by Crippen LogP contribution is -2.48. The molecule has 2 aromatic carbocycles. The van der Waals surface area contributed by atoms with E-state index >= 15 is 0 Å². The SMILES string of the molecule is O=C(O)CC1(c2ccc(OCc3cc(OC(F)(F)F)ccc3F)cc2)COC1. The number of halogens is 4. The van der Waals surface area contributed by atoms with Crippen LogP contribution in [-0.2, 0) is 21.6 Å². The molecule has 1 aliphatic heterocycles. The average molecular weight is 400 g/mol. The molecule has 1 fully saturated rings. The summed E-state index contributed by atoms with van der Waals surface area (Å²) in [6, 6.07) is 9.24. The molecule has 9 heteroatoms. The van der Waals surface area contributed by atoms with Crippen LogP contribution in [0.3, 0.4) is 0 Å².